The molecular formula is C10H10ClN3O3. The fraction of sp³-hybridized carbons (Fsp3) is 0.200. The van der Waals surface area contributed by atoms with Crippen LogP contribution in [-0.2, 0) is 6.54 Å². The molecule has 0 saturated heterocycles. The van der Waals surface area contributed by atoms with Gasteiger partial charge in [-0.05, 0) is 18.6 Å². The fourth-order valence-corrected chi connectivity index (χ4v) is 1.79. The van der Waals surface area contributed by atoms with Crippen LogP contribution in [0.3, 0.4) is 0 Å². The van der Waals surface area contributed by atoms with E-state index >= 15 is 0 Å². The van der Waals surface area contributed by atoms with Crippen LogP contribution < -0.4 is 5.73 Å². The average Bonchev–Trinajstić information content (AvgIpc) is 2.74. The van der Waals surface area contributed by atoms with E-state index in [4.69, 9.17) is 21.9 Å². The van der Waals surface area contributed by atoms with Gasteiger partial charge in [0.2, 0.25) is 11.7 Å². The first kappa shape index (κ1) is 11.7. The van der Waals surface area contributed by atoms with Gasteiger partial charge in [0.05, 0.1) is 11.6 Å². The molecule has 0 bridgehead atoms. The number of phenolic OH excluding ortho intramolecular Hbond substituents is 2. The standard InChI is InChI=1S/C10H10ClN3O3/c1-4-2-5(15)9(16)8(11)7(4)10-13-6(3-12)17-14-10/h2,15-16H,3,12H2,1H3. The van der Waals surface area contributed by atoms with Gasteiger partial charge in [-0.25, -0.2) is 0 Å². The fourth-order valence-electron chi connectivity index (χ4n) is 1.46. The number of hydrogen-bond acceptors (Lipinski definition) is 6. The lowest BCUT2D eigenvalue weighted by atomic mass is 10.1. The number of nitrogens with two attached hydrogens (primary N) is 1. The molecule has 0 saturated carbocycles. The molecule has 0 aliphatic rings. The molecular weight excluding hydrogens is 246 g/mol. The lowest BCUT2D eigenvalue weighted by molar-refractivity contribution is 0.380. The van der Waals surface area contributed by atoms with Crippen LogP contribution in [0.15, 0.2) is 10.6 Å². The molecule has 2 aromatic rings. The molecule has 6 nitrogen and oxygen atoms in total. The van der Waals surface area contributed by atoms with Gasteiger partial charge in [0.25, 0.3) is 0 Å². The lowest BCUT2D eigenvalue weighted by Crippen LogP contribution is -1.96. The summed E-state index contributed by atoms with van der Waals surface area (Å²) in [4.78, 5) is 4.01. The summed E-state index contributed by atoms with van der Waals surface area (Å²) >= 11 is 5.93. The third-order valence-corrected chi connectivity index (χ3v) is 2.65. The number of aromatic nitrogens is 2. The van der Waals surface area contributed by atoms with Crippen molar-refractivity contribution >= 4 is 11.6 Å². The van der Waals surface area contributed by atoms with E-state index in [0.29, 0.717) is 11.1 Å². The Kier molecular flexibility index (Phi) is 2.91. The predicted octanol–water partition coefficient (Wildman–Crippen LogP) is 1.57. The maximum Gasteiger partial charge on any atom is 0.240 e. The van der Waals surface area contributed by atoms with Crippen molar-refractivity contribution < 1.29 is 14.7 Å². The van der Waals surface area contributed by atoms with Gasteiger partial charge >= 0.3 is 0 Å². The molecule has 0 fully saturated rings. The van der Waals surface area contributed by atoms with E-state index in [9.17, 15) is 10.2 Å². The third-order valence-electron chi connectivity index (χ3n) is 2.28. The number of hydrogen-bond donors (Lipinski definition) is 3. The molecule has 1 heterocycles. The van der Waals surface area contributed by atoms with Crippen molar-refractivity contribution in [3.8, 4) is 22.9 Å². The summed E-state index contributed by atoms with van der Waals surface area (Å²) in [6.45, 7) is 1.83. The molecule has 1 aromatic carbocycles. The number of aryl methyl sites for hydroxylation is 1. The van der Waals surface area contributed by atoms with E-state index in [1.54, 1.807) is 6.92 Å². The Morgan fingerprint density at radius 2 is 2.18 bits per heavy atom. The van der Waals surface area contributed by atoms with Crippen LogP contribution in [0.2, 0.25) is 5.02 Å². The Morgan fingerprint density at radius 1 is 1.47 bits per heavy atom. The van der Waals surface area contributed by atoms with Crippen molar-refractivity contribution in [2.24, 2.45) is 5.73 Å². The molecule has 17 heavy (non-hydrogen) atoms. The highest BCUT2D eigenvalue weighted by Crippen LogP contribution is 2.41. The second-order valence-corrected chi connectivity index (χ2v) is 3.84. The van der Waals surface area contributed by atoms with Crippen molar-refractivity contribution in [1.29, 1.82) is 0 Å². The highest BCUT2D eigenvalue weighted by molar-refractivity contribution is 6.35. The zero-order chi connectivity index (χ0) is 12.6. The molecule has 0 aliphatic heterocycles. The number of rotatable bonds is 2. The Bertz CT molecular complexity index is 568. The molecule has 0 amide bonds. The number of benzene rings is 1. The van der Waals surface area contributed by atoms with Gasteiger partial charge in [0, 0.05) is 5.56 Å². The van der Waals surface area contributed by atoms with Crippen LogP contribution in [-0.4, -0.2) is 20.4 Å². The van der Waals surface area contributed by atoms with Crippen LogP contribution in [0.1, 0.15) is 11.5 Å². The minimum Gasteiger partial charge on any atom is -0.504 e. The van der Waals surface area contributed by atoms with Crippen LogP contribution in [0.25, 0.3) is 11.4 Å². The normalized spacial score (nSPS) is 10.8. The second kappa shape index (κ2) is 4.23. The number of halogens is 1. The van der Waals surface area contributed by atoms with E-state index in [1.165, 1.54) is 6.07 Å². The molecule has 0 atom stereocenters. The highest BCUT2D eigenvalue weighted by Gasteiger charge is 2.19. The van der Waals surface area contributed by atoms with E-state index < -0.39 is 5.75 Å². The average molecular weight is 256 g/mol. The van der Waals surface area contributed by atoms with Crippen LogP contribution in [0, 0.1) is 6.92 Å². The third kappa shape index (κ3) is 1.92. The van der Waals surface area contributed by atoms with Gasteiger partial charge < -0.3 is 20.5 Å². The summed E-state index contributed by atoms with van der Waals surface area (Å²) in [6, 6.07) is 1.37. The molecule has 7 heteroatoms. The van der Waals surface area contributed by atoms with Gasteiger partial charge in [-0.2, -0.15) is 4.98 Å². The van der Waals surface area contributed by atoms with Crippen LogP contribution in [0.5, 0.6) is 11.5 Å². The first-order chi connectivity index (χ1) is 8.04. The zero-order valence-corrected chi connectivity index (χ0v) is 9.69. The molecule has 90 valence electrons. The van der Waals surface area contributed by atoms with Crippen LogP contribution in [0.4, 0.5) is 0 Å². The van der Waals surface area contributed by atoms with Gasteiger partial charge in [-0.1, -0.05) is 16.8 Å². The summed E-state index contributed by atoms with van der Waals surface area (Å²) in [5.74, 6) is -0.212. The number of phenols is 2. The second-order valence-electron chi connectivity index (χ2n) is 3.47. The van der Waals surface area contributed by atoms with Gasteiger partial charge in [0.15, 0.2) is 11.5 Å². The lowest BCUT2D eigenvalue weighted by Gasteiger charge is -2.07. The Morgan fingerprint density at radius 3 is 2.76 bits per heavy atom. The molecule has 2 rings (SSSR count). The maximum atomic E-state index is 9.54. The van der Waals surface area contributed by atoms with Crippen molar-refractivity contribution in [2.45, 2.75) is 13.5 Å². The summed E-state index contributed by atoms with van der Waals surface area (Å²) in [5, 5.41) is 22.6. The summed E-state index contributed by atoms with van der Waals surface area (Å²) in [5.41, 5.74) is 6.38. The summed E-state index contributed by atoms with van der Waals surface area (Å²) < 4.78 is 4.86. The van der Waals surface area contributed by atoms with Gasteiger partial charge in [-0.3, -0.25) is 0 Å². The Hall–Kier alpha value is -1.79. The minimum absolute atomic E-state index is 0.0214. The zero-order valence-electron chi connectivity index (χ0n) is 8.94. The predicted molar refractivity (Wildman–Crippen MR) is 60.7 cm³/mol. The smallest absolute Gasteiger partial charge is 0.240 e. The Balaban J connectivity index is 2.62. The van der Waals surface area contributed by atoms with E-state index in [-0.39, 0.29) is 29.0 Å². The molecule has 4 N–H and O–H groups in total. The van der Waals surface area contributed by atoms with Crippen molar-refractivity contribution in [3.63, 3.8) is 0 Å². The van der Waals surface area contributed by atoms with Crippen molar-refractivity contribution in [1.82, 2.24) is 10.1 Å². The van der Waals surface area contributed by atoms with Gasteiger partial charge in [0.1, 0.15) is 0 Å². The Labute approximate surface area is 102 Å². The highest BCUT2D eigenvalue weighted by atomic mass is 35.5. The molecule has 0 radical (unpaired) electrons. The largest absolute Gasteiger partial charge is 0.504 e. The summed E-state index contributed by atoms with van der Waals surface area (Å²) in [7, 11) is 0. The quantitative estimate of drug-likeness (QED) is 0.704. The number of nitrogens with zero attached hydrogens (tertiary/aromatic N) is 2. The van der Waals surface area contributed by atoms with E-state index in [1.807, 2.05) is 0 Å². The number of aromatic hydroxyl groups is 2. The van der Waals surface area contributed by atoms with Gasteiger partial charge in [-0.15, -0.1) is 0 Å². The molecule has 0 unspecified atom stereocenters. The van der Waals surface area contributed by atoms with Crippen molar-refractivity contribution in [3.05, 3.63) is 22.5 Å². The van der Waals surface area contributed by atoms with Crippen molar-refractivity contribution in [2.75, 3.05) is 0 Å². The monoisotopic (exact) mass is 255 g/mol. The topological polar surface area (TPSA) is 105 Å². The van der Waals surface area contributed by atoms with E-state index in [2.05, 4.69) is 10.1 Å². The molecule has 0 spiro atoms. The first-order valence-corrected chi connectivity index (χ1v) is 5.16. The molecule has 1 aromatic heterocycles. The SMILES string of the molecule is Cc1cc(O)c(O)c(Cl)c1-c1noc(CN)n1. The van der Waals surface area contributed by atoms with E-state index in [0.717, 1.165) is 0 Å². The first-order valence-electron chi connectivity index (χ1n) is 4.78. The van der Waals surface area contributed by atoms with Crippen LogP contribution >= 0.6 is 11.6 Å². The molecule has 0 aliphatic carbocycles. The summed E-state index contributed by atoms with van der Waals surface area (Å²) in [6.07, 6.45) is 0. The minimum atomic E-state index is -0.411. The maximum absolute atomic E-state index is 9.54.